The molecule has 108 valence electrons. The number of rotatable bonds is 3. The first-order valence-electron chi connectivity index (χ1n) is 7.17. The first-order valence-corrected chi connectivity index (χ1v) is 7.17. The lowest BCUT2D eigenvalue weighted by molar-refractivity contribution is 0.102. The predicted molar refractivity (Wildman–Crippen MR) is 85.0 cm³/mol. The van der Waals surface area contributed by atoms with Crippen LogP contribution in [0.1, 0.15) is 28.4 Å². The Morgan fingerprint density at radius 1 is 1.19 bits per heavy atom. The van der Waals surface area contributed by atoms with Gasteiger partial charge in [-0.1, -0.05) is 19.1 Å². The molecule has 1 amide bonds. The van der Waals surface area contributed by atoms with Gasteiger partial charge in [-0.15, -0.1) is 0 Å². The van der Waals surface area contributed by atoms with E-state index >= 15 is 0 Å². The van der Waals surface area contributed by atoms with Gasteiger partial charge in [0.05, 0.1) is 0 Å². The summed E-state index contributed by atoms with van der Waals surface area (Å²) >= 11 is 0. The number of nitrogens with two attached hydrogens (primary N) is 1. The van der Waals surface area contributed by atoms with E-state index in [1.54, 1.807) is 12.1 Å². The van der Waals surface area contributed by atoms with Gasteiger partial charge in [0.2, 0.25) is 0 Å². The van der Waals surface area contributed by atoms with Crippen LogP contribution in [0.15, 0.2) is 42.5 Å². The first kappa shape index (κ1) is 13.6. The summed E-state index contributed by atoms with van der Waals surface area (Å²) < 4.78 is 0. The number of anilines is 2. The molecule has 1 aliphatic rings. The molecular weight excluding hydrogens is 262 g/mol. The second-order valence-corrected chi connectivity index (χ2v) is 5.37. The number of benzene rings is 2. The van der Waals surface area contributed by atoms with E-state index in [2.05, 4.69) is 23.2 Å². The monoisotopic (exact) mass is 281 g/mol. The average Bonchev–Trinajstić information content (AvgIpc) is 2.89. The van der Waals surface area contributed by atoms with Crippen molar-refractivity contribution in [2.45, 2.75) is 20.0 Å². The van der Waals surface area contributed by atoms with Gasteiger partial charge in [-0.05, 0) is 48.0 Å². The molecule has 4 nitrogen and oxygen atoms in total. The van der Waals surface area contributed by atoms with Crippen LogP contribution >= 0.6 is 0 Å². The smallest absolute Gasteiger partial charge is 0.255 e. The molecule has 0 unspecified atom stereocenters. The summed E-state index contributed by atoms with van der Waals surface area (Å²) in [6, 6.07) is 13.1. The summed E-state index contributed by atoms with van der Waals surface area (Å²) in [4.78, 5) is 14.7. The predicted octanol–water partition coefficient (Wildman–Crippen LogP) is 2.86. The quantitative estimate of drug-likeness (QED) is 0.851. The van der Waals surface area contributed by atoms with Gasteiger partial charge in [0.15, 0.2) is 0 Å². The maximum absolute atomic E-state index is 12.3. The lowest BCUT2D eigenvalue weighted by Crippen LogP contribution is -2.14. The van der Waals surface area contributed by atoms with Crippen molar-refractivity contribution < 1.29 is 4.79 Å². The molecule has 1 heterocycles. The molecule has 2 aromatic carbocycles. The van der Waals surface area contributed by atoms with Crippen LogP contribution in [0.5, 0.6) is 0 Å². The molecular formula is C17H19N3O. The van der Waals surface area contributed by atoms with Gasteiger partial charge in [0.25, 0.3) is 5.91 Å². The van der Waals surface area contributed by atoms with Crippen molar-refractivity contribution in [1.82, 2.24) is 4.90 Å². The summed E-state index contributed by atoms with van der Waals surface area (Å²) in [5.41, 5.74) is 10.3. The number of nitrogens with one attached hydrogen (secondary N) is 1. The minimum atomic E-state index is -0.0988. The SMILES string of the molecule is CCN1Cc2ccc(C(=O)Nc3cccc(N)c3)cc2C1. The lowest BCUT2D eigenvalue weighted by atomic mass is 10.1. The summed E-state index contributed by atoms with van der Waals surface area (Å²) in [5.74, 6) is -0.0988. The minimum absolute atomic E-state index is 0.0988. The Morgan fingerprint density at radius 3 is 2.76 bits per heavy atom. The van der Waals surface area contributed by atoms with Crippen molar-refractivity contribution in [3.63, 3.8) is 0 Å². The molecule has 0 radical (unpaired) electrons. The number of fused-ring (bicyclic) bond motifs is 1. The number of hydrogen-bond donors (Lipinski definition) is 2. The standard InChI is InChI=1S/C17H19N3O/c1-2-20-10-13-7-6-12(8-14(13)11-20)17(21)19-16-5-3-4-15(18)9-16/h3-9H,2,10-11,18H2,1H3,(H,19,21). The van der Waals surface area contributed by atoms with Crippen molar-refractivity contribution in [1.29, 1.82) is 0 Å². The number of carbonyl (C=O) groups is 1. The van der Waals surface area contributed by atoms with Crippen LogP contribution in [0.25, 0.3) is 0 Å². The van der Waals surface area contributed by atoms with E-state index in [0.29, 0.717) is 11.3 Å². The Hall–Kier alpha value is -2.33. The lowest BCUT2D eigenvalue weighted by Gasteiger charge is -2.09. The average molecular weight is 281 g/mol. The van der Waals surface area contributed by atoms with Crippen LogP contribution in [0.2, 0.25) is 0 Å². The van der Waals surface area contributed by atoms with Crippen molar-refractivity contribution >= 4 is 17.3 Å². The van der Waals surface area contributed by atoms with Gasteiger partial charge in [-0.25, -0.2) is 0 Å². The third-order valence-electron chi connectivity index (χ3n) is 3.85. The highest BCUT2D eigenvalue weighted by Gasteiger charge is 2.19. The highest BCUT2D eigenvalue weighted by Crippen LogP contribution is 2.24. The van der Waals surface area contributed by atoms with Crippen molar-refractivity contribution in [3.8, 4) is 0 Å². The summed E-state index contributed by atoms with van der Waals surface area (Å²) in [7, 11) is 0. The van der Waals surface area contributed by atoms with E-state index in [1.807, 2.05) is 24.3 Å². The van der Waals surface area contributed by atoms with E-state index in [4.69, 9.17) is 5.73 Å². The van der Waals surface area contributed by atoms with Gasteiger partial charge in [0, 0.05) is 30.0 Å². The molecule has 0 aliphatic carbocycles. The van der Waals surface area contributed by atoms with E-state index in [9.17, 15) is 4.79 Å². The van der Waals surface area contributed by atoms with Gasteiger partial charge in [-0.2, -0.15) is 0 Å². The summed E-state index contributed by atoms with van der Waals surface area (Å²) in [6.45, 7) is 5.08. The van der Waals surface area contributed by atoms with E-state index in [1.165, 1.54) is 11.1 Å². The highest BCUT2D eigenvalue weighted by molar-refractivity contribution is 6.04. The molecule has 4 heteroatoms. The van der Waals surface area contributed by atoms with Crippen LogP contribution in [0.4, 0.5) is 11.4 Å². The Bertz CT molecular complexity index is 681. The largest absolute Gasteiger partial charge is 0.399 e. The van der Waals surface area contributed by atoms with Crippen LogP contribution in [-0.4, -0.2) is 17.4 Å². The third-order valence-corrected chi connectivity index (χ3v) is 3.85. The van der Waals surface area contributed by atoms with Gasteiger partial charge >= 0.3 is 0 Å². The zero-order valence-corrected chi connectivity index (χ0v) is 12.1. The van der Waals surface area contributed by atoms with Crippen LogP contribution in [0.3, 0.4) is 0 Å². The molecule has 0 bridgehead atoms. The van der Waals surface area contributed by atoms with Crippen molar-refractivity contribution in [3.05, 3.63) is 59.2 Å². The highest BCUT2D eigenvalue weighted by atomic mass is 16.1. The fraction of sp³-hybridized carbons (Fsp3) is 0.235. The number of nitrogens with zero attached hydrogens (tertiary/aromatic N) is 1. The van der Waals surface area contributed by atoms with Crippen LogP contribution < -0.4 is 11.1 Å². The molecule has 0 aromatic heterocycles. The van der Waals surface area contributed by atoms with Crippen LogP contribution in [0, 0.1) is 0 Å². The molecule has 0 spiro atoms. The third kappa shape index (κ3) is 2.90. The van der Waals surface area contributed by atoms with Crippen molar-refractivity contribution in [2.75, 3.05) is 17.6 Å². The van der Waals surface area contributed by atoms with Gasteiger partial charge in [-0.3, -0.25) is 9.69 Å². The fourth-order valence-corrected chi connectivity index (χ4v) is 2.65. The second kappa shape index (κ2) is 5.58. The molecule has 0 atom stereocenters. The van der Waals surface area contributed by atoms with E-state index < -0.39 is 0 Å². The molecule has 2 aromatic rings. The fourth-order valence-electron chi connectivity index (χ4n) is 2.65. The Kier molecular flexibility index (Phi) is 3.62. The van der Waals surface area contributed by atoms with E-state index in [-0.39, 0.29) is 5.91 Å². The molecule has 3 rings (SSSR count). The zero-order chi connectivity index (χ0) is 14.8. The molecule has 1 aliphatic heterocycles. The zero-order valence-electron chi connectivity index (χ0n) is 12.1. The molecule has 0 saturated heterocycles. The Labute approximate surface area is 124 Å². The molecule has 21 heavy (non-hydrogen) atoms. The van der Waals surface area contributed by atoms with Gasteiger partial charge < -0.3 is 11.1 Å². The van der Waals surface area contributed by atoms with Crippen LogP contribution in [-0.2, 0) is 13.1 Å². The number of carbonyl (C=O) groups excluding carboxylic acids is 1. The van der Waals surface area contributed by atoms with Crippen molar-refractivity contribution in [2.24, 2.45) is 0 Å². The van der Waals surface area contributed by atoms with Gasteiger partial charge in [0.1, 0.15) is 0 Å². The molecule has 3 N–H and O–H groups in total. The Morgan fingerprint density at radius 2 is 2.00 bits per heavy atom. The molecule has 0 saturated carbocycles. The number of hydrogen-bond acceptors (Lipinski definition) is 3. The summed E-state index contributed by atoms with van der Waals surface area (Å²) in [5, 5.41) is 2.88. The minimum Gasteiger partial charge on any atom is -0.399 e. The molecule has 0 fully saturated rings. The maximum Gasteiger partial charge on any atom is 0.255 e. The maximum atomic E-state index is 12.3. The van der Waals surface area contributed by atoms with E-state index in [0.717, 1.165) is 25.3 Å². The summed E-state index contributed by atoms with van der Waals surface area (Å²) in [6.07, 6.45) is 0. The number of amides is 1. The normalized spacial score (nSPS) is 14.0. The topological polar surface area (TPSA) is 58.4 Å². The number of nitrogen functional groups attached to an aromatic ring is 1. The first-order chi connectivity index (χ1) is 10.2. The Balaban J connectivity index is 1.77. The second-order valence-electron chi connectivity index (χ2n) is 5.37.